The van der Waals surface area contributed by atoms with Crippen LogP contribution in [0.5, 0.6) is 0 Å². The van der Waals surface area contributed by atoms with Crippen molar-refractivity contribution in [2.45, 2.75) is 40.0 Å². The molecule has 0 amide bonds. The molecule has 2 bridgehead atoms. The fraction of sp³-hybridized carbons (Fsp3) is 0.833. The minimum atomic E-state index is 0.258. The number of rotatable bonds is 1. The topological polar surface area (TPSA) is 36.4 Å². The summed E-state index contributed by atoms with van der Waals surface area (Å²) in [5, 5.41) is 7.98. The predicted molar refractivity (Wildman–Crippen MR) is 71.5 cm³/mol. The van der Waals surface area contributed by atoms with Crippen LogP contribution in [0.4, 0.5) is 0 Å². The molecular formula is C12H21N3S. The highest BCUT2D eigenvalue weighted by Gasteiger charge is 2.59. The van der Waals surface area contributed by atoms with Crippen LogP contribution >= 0.6 is 12.2 Å². The third kappa shape index (κ3) is 1.46. The molecular weight excluding hydrogens is 218 g/mol. The smallest absolute Gasteiger partial charge is 0.186 e. The molecule has 2 rings (SSSR count). The van der Waals surface area contributed by atoms with E-state index < -0.39 is 0 Å². The number of nitrogens with zero attached hydrogens (tertiary/aromatic N) is 1. The molecule has 0 saturated heterocycles. The largest absolute Gasteiger partial charge is 0.364 e. The molecule has 0 aromatic rings. The van der Waals surface area contributed by atoms with Crippen LogP contribution in [0, 0.1) is 16.7 Å². The van der Waals surface area contributed by atoms with Crippen molar-refractivity contribution in [1.29, 1.82) is 0 Å². The average molecular weight is 239 g/mol. The van der Waals surface area contributed by atoms with E-state index in [9.17, 15) is 0 Å². The summed E-state index contributed by atoms with van der Waals surface area (Å²) < 4.78 is 0. The van der Waals surface area contributed by atoms with Crippen LogP contribution in [0.25, 0.3) is 0 Å². The Balaban J connectivity index is 2.18. The van der Waals surface area contributed by atoms with Gasteiger partial charge < -0.3 is 5.32 Å². The molecule has 4 heteroatoms. The van der Waals surface area contributed by atoms with Gasteiger partial charge >= 0.3 is 0 Å². The lowest BCUT2D eigenvalue weighted by molar-refractivity contribution is 0.193. The summed E-state index contributed by atoms with van der Waals surface area (Å²) in [7, 11) is 1.81. The first-order chi connectivity index (χ1) is 7.41. The van der Waals surface area contributed by atoms with Gasteiger partial charge in [0.05, 0.1) is 0 Å². The minimum absolute atomic E-state index is 0.258. The van der Waals surface area contributed by atoms with E-state index in [-0.39, 0.29) is 5.41 Å². The van der Waals surface area contributed by atoms with Gasteiger partial charge in [0.15, 0.2) is 5.11 Å². The molecule has 0 radical (unpaired) electrons. The van der Waals surface area contributed by atoms with Gasteiger partial charge in [0, 0.05) is 18.2 Å². The quantitative estimate of drug-likeness (QED) is 0.544. The number of hydrazone groups is 1. The minimum Gasteiger partial charge on any atom is -0.364 e. The lowest BCUT2D eigenvalue weighted by Gasteiger charge is -2.34. The second-order valence-corrected chi connectivity index (χ2v) is 6.15. The first-order valence-electron chi connectivity index (χ1n) is 5.96. The fourth-order valence-electron chi connectivity index (χ4n) is 3.27. The van der Waals surface area contributed by atoms with Gasteiger partial charge in [-0.1, -0.05) is 20.8 Å². The van der Waals surface area contributed by atoms with Gasteiger partial charge in [0.1, 0.15) is 0 Å². The second-order valence-electron chi connectivity index (χ2n) is 5.74. The van der Waals surface area contributed by atoms with E-state index in [1.54, 1.807) is 0 Å². The SMILES string of the molecule is CNC(=S)N/N=C1/C[C@@H]2CC[C@]1(C)C2(C)C. The van der Waals surface area contributed by atoms with Crippen LogP contribution in [0.15, 0.2) is 5.10 Å². The highest BCUT2D eigenvalue weighted by Crippen LogP contribution is 2.63. The highest BCUT2D eigenvalue weighted by atomic mass is 32.1. The van der Waals surface area contributed by atoms with Gasteiger partial charge in [-0.25, -0.2) is 0 Å². The molecule has 2 N–H and O–H groups in total. The van der Waals surface area contributed by atoms with Crippen molar-refractivity contribution in [1.82, 2.24) is 10.7 Å². The zero-order valence-corrected chi connectivity index (χ0v) is 11.4. The lowest BCUT2D eigenvalue weighted by Crippen LogP contribution is -2.35. The molecule has 0 aromatic carbocycles. The van der Waals surface area contributed by atoms with Crippen LogP contribution in [-0.2, 0) is 0 Å². The Labute approximate surface area is 103 Å². The van der Waals surface area contributed by atoms with Crippen LogP contribution in [-0.4, -0.2) is 17.9 Å². The molecule has 2 atom stereocenters. The standard InChI is InChI=1S/C12H21N3S/c1-11(2)8-5-6-12(11,3)9(7-8)14-15-10(16)13-4/h8H,5-7H2,1-4H3,(H2,13,15,16)/b14-9-/t8-,12-/m0/s1. The maximum Gasteiger partial charge on any atom is 0.186 e. The molecule has 3 nitrogen and oxygen atoms in total. The normalized spacial score (nSPS) is 37.8. The summed E-state index contributed by atoms with van der Waals surface area (Å²) in [6.07, 6.45) is 3.74. The molecule has 16 heavy (non-hydrogen) atoms. The van der Waals surface area contributed by atoms with E-state index >= 15 is 0 Å². The van der Waals surface area contributed by atoms with E-state index in [0.29, 0.717) is 10.5 Å². The number of hydrogen-bond donors (Lipinski definition) is 2. The van der Waals surface area contributed by atoms with E-state index in [2.05, 4.69) is 36.6 Å². The predicted octanol–water partition coefficient (Wildman–Crippen LogP) is 2.28. The molecule has 0 spiro atoms. The summed E-state index contributed by atoms with van der Waals surface area (Å²) in [6.45, 7) is 7.11. The Kier molecular flexibility index (Phi) is 2.73. The Hall–Kier alpha value is -0.640. The van der Waals surface area contributed by atoms with Crippen LogP contribution < -0.4 is 10.7 Å². The first kappa shape index (κ1) is 11.8. The summed E-state index contributed by atoms with van der Waals surface area (Å²) in [4.78, 5) is 0. The van der Waals surface area contributed by atoms with Gasteiger partial charge in [-0.05, 0) is 42.8 Å². The molecule has 0 aromatic heterocycles. The van der Waals surface area contributed by atoms with E-state index in [4.69, 9.17) is 12.2 Å². The number of fused-ring (bicyclic) bond motifs is 2. The van der Waals surface area contributed by atoms with Gasteiger partial charge in [-0.3, -0.25) is 5.43 Å². The maximum atomic E-state index is 5.04. The Morgan fingerprint density at radius 3 is 2.56 bits per heavy atom. The number of hydrogen-bond acceptors (Lipinski definition) is 2. The summed E-state index contributed by atoms with van der Waals surface area (Å²) >= 11 is 5.04. The van der Waals surface area contributed by atoms with Crippen molar-refractivity contribution in [2.24, 2.45) is 21.8 Å². The zero-order valence-electron chi connectivity index (χ0n) is 10.6. The van der Waals surface area contributed by atoms with E-state index in [0.717, 1.165) is 12.3 Å². The fourth-order valence-corrected chi connectivity index (χ4v) is 3.32. The summed E-state index contributed by atoms with van der Waals surface area (Å²) in [5.41, 5.74) is 4.87. The average Bonchev–Trinajstić information content (AvgIpc) is 2.58. The molecule has 0 unspecified atom stereocenters. The van der Waals surface area contributed by atoms with Gasteiger partial charge in [0.25, 0.3) is 0 Å². The van der Waals surface area contributed by atoms with Crippen molar-refractivity contribution in [3.8, 4) is 0 Å². The Bertz CT molecular complexity index is 348. The second kappa shape index (κ2) is 3.69. The van der Waals surface area contributed by atoms with Gasteiger partial charge in [-0.2, -0.15) is 5.10 Å². The number of nitrogens with one attached hydrogen (secondary N) is 2. The molecule has 2 saturated carbocycles. The monoisotopic (exact) mass is 239 g/mol. The zero-order chi connectivity index (χ0) is 12.0. The molecule has 2 aliphatic rings. The molecule has 0 aliphatic heterocycles. The number of thiocarbonyl (C=S) groups is 1. The van der Waals surface area contributed by atoms with Crippen molar-refractivity contribution >= 4 is 23.0 Å². The maximum absolute atomic E-state index is 5.04. The first-order valence-corrected chi connectivity index (χ1v) is 6.37. The Morgan fingerprint density at radius 1 is 1.44 bits per heavy atom. The highest BCUT2D eigenvalue weighted by molar-refractivity contribution is 7.80. The lowest BCUT2D eigenvalue weighted by atomic mass is 9.70. The third-order valence-electron chi connectivity index (χ3n) is 5.03. The van der Waals surface area contributed by atoms with Crippen molar-refractivity contribution < 1.29 is 0 Å². The van der Waals surface area contributed by atoms with E-state index in [1.807, 2.05) is 7.05 Å². The Morgan fingerprint density at radius 2 is 2.12 bits per heavy atom. The van der Waals surface area contributed by atoms with Crippen LogP contribution in [0.3, 0.4) is 0 Å². The van der Waals surface area contributed by atoms with Crippen molar-refractivity contribution in [3.05, 3.63) is 0 Å². The van der Waals surface area contributed by atoms with Gasteiger partial charge in [-0.15, -0.1) is 0 Å². The summed E-state index contributed by atoms with van der Waals surface area (Å²) in [5.74, 6) is 0.793. The van der Waals surface area contributed by atoms with Crippen molar-refractivity contribution in [3.63, 3.8) is 0 Å². The van der Waals surface area contributed by atoms with Crippen LogP contribution in [0.1, 0.15) is 40.0 Å². The third-order valence-corrected chi connectivity index (χ3v) is 5.33. The van der Waals surface area contributed by atoms with Gasteiger partial charge in [0.2, 0.25) is 0 Å². The van der Waals surface area contributed by atoms with Crippen molar-refractivity contribution in [2.75, 3.05) is 7.05 Å². The van der Waals surface area contributed by atoms with Crippen LogP contribution in [0.2, 0.25) is 0 Å². The molecule has 2 fully saturated rings. The molecule has 0 heterocycles. The molecule has 90 valence electrons. The van der Waals surface area contributed by atoms with E-state index in [1.165, 1.54) is 18.6 Å². The summed E-state index contributed by atoms with van der Waals surface area (Å²) in [6, 6.07) is 0. The molecule has 2 aliphatic carbocycles.